The predicted octanol–water partition coefficient (Wildman–Crippen LogP) is 6.20. The number of rotatable bonds is 7. The molecule has 6 heteroatoms. The number of carbonyl (C=O) groups is 1. The number of hydrogen-bond acceptors (Lipinski definition) is 6. The second-order valence-corrected chi connectivity index (χ2v) is 8.64. The number of aromatic nitrogens is 1. The van der Waals surface area contributed by atoms with Gasteiger partial charge in [0.05, 0.1) is 29.6 Å². The van der Waals surface area contributed by atoms with Gasteiger partial charge in [-0.25, -0.2) is 9.78 Å². The van der Waals surface area contributed by atoms with E-state index in [-0.39, 0.29) is 5.97 Å². The summed E-state index contributed by atoms with van der Waals surface area (Å²) in [6, 6.07) is 16.3. The molecule has 0 saturated carbocycles. The molecule has 0 fully saturated rings. The molecule has 3 rings (SSSR count). The van der Waals surface area contributed by atoms with Gasteiger partial charge in [0.2, 0.25) is 0 Å². The van der Waals surface area contributed by atoms with Gasteiger partial charge in [0.15, 0.2) is 0 Å². The van der Waals surface area contributed by atoms with Crippen molar-refractivity contribution < 1.29 is 9.53 Å². The van der Waals surface area contributed by atoms with E-state index in [4.69, 9.17) is 4.74 Å². The van der Waals surface area contributed by atoms with E-state index in [1.165, 1.54) is 35.7 Å². The summed E-state index contributed by atoms with van der Waals surface area (Å²) in [6.07, 6.45) is 1.82. The molecule has 0 unspecified atom stereocenters. The van der Waals surface area contributed by atoms with Crippen LogP contribution in [0.4, 0.5) is 5.69 Å². The van der Waals surface area contributed by atoms with Gasteiger partial charge < -0.3 is 9.46 Å². The molecule has 0 bridgehead atoms. The van der Waals surface area contributed by atoms with Crippen LogP contribution in [0.3, 0.4) is 0 Å². The fourth-order valence-corrected chi connectivity index (χ4v) is 4.14. The van der Waals surface area contributed by atoms with Gasteiger partial charge in [-0.3, -0.25) is 0 Å². The van der Waals surface area contributed by atoms with Crippen LogP contribution in [0.1, 0.15) is 32.6 Å². The summed E-state index contributed by atoms with van der Waals surface area (Å²) in [5, 5.41) is 0.988. The number of esters is 1. The van der Waals surface area contributed by atoms with Gasteiger partial charge in [0.1, 0.15) is 0 Å². The summed E-state index contributed by atoms with van der Waals surface area (Å²) in [7, 11) is 1.39. The van der Waals surface area contributed by atoms with E-state index < -0.39 is 0 Å². The third-order valence-corrected chi connectivity index (χ3v) is 6.44. The molecule has 1 aromatic heterocycles. The predicted molar refractivity (Wildman–Crippen MR) is 122 cm³/mol. The second kappa shape index (κ2) is 9.85. The molecule has 0 aliphatic heterocycles. The third kappa shape index (κ3) is 5.78. The maximum Gasteiger partial charge on any atom is 0.338 e. The zero-order chi connectivity index (χ0) is 20.8. The second-order valence-electron chi connectivity index (χ2n) is 6.76. The van der Waals surface area contributed by atoms with Crippen LogP contribution in [0, 0.1) is 20.8 Å². The van der Waals surface area contributed by atoms with Gasteiger partial charge >= 0.3 is 5.97 Å². The highest BCUT2D eigenvalue weighted by Gasteiger charge is 2.10. The van der Waals surface area contributed by atoms with Crippen LogP contribution in [0.25, 0.3) is 0 Å². The molecule has 3 aromatic rings. The van der Waals surface area contributed by atoms with Crippen LogP contribution in [0.2, 0.25) is 0 Å². The third-order valence-electron chi connectivity index (χ3n) is 4.60. The Balaban J connectivity index is 1.56. The summed E-state index contributed by atoms with van der Waals surface area (Å²) < 4.78 is 8.11. The van der Waals surface area contributed by atoms with E-state index >= 15 is 0 Å². The smallest absolute Gasteiger partial charge is 0.338 e. The molecule has 0 atom stereocenters. The van der Waals surface area contributed by atoms with Crippen molar-refractivity contribution in [2.24, 2.45) is 0 Å². The van der Waals surface area contributed by atoms with Crippen LogP contribution in [0.15, 0.2) is 64.6 Å². The normalized spacial score (nSPS) is 10.6. The number of benzene rings is 2. The number of thioether (sulfide) groups is 1. The summed E-state index contributed by atoms with van der Waals surface area (Å²) >= 11 is 3.16. The van der Waals surface area contributed by atoms with Gasteiger partial charge in [-0.05, 0) is 79.2 Å². The molecule has 0 radical (unpaired) electrons. The Morgan fingerprint density at radius 2 is 1.79 bits per heavy atom. The lowest BCUT2D eigenvalue weighted by molar-refractivity contribution is 0.0599. The van der Waals surface area contributed by atoms with Crippen molar-refractivity contribution in [1.82, 2.24) is 4.98 Å². The fraction of sp³-hybridized carbons (Fsp3) is 0.217. The molecular formula is C23H24N2O2S2. The first-order chi connectivity index (χ1) is 14.0. The van der Waals surface area contributed by atoms with Crippen LogP contribution in [-0.2, 0) is 10.5 Å². The van der Waals surface area contributed by atoms with Crippen molar-refractivity contribution in [2.45, 2.75) is 36.4 Å². The highest BCUT2D eigenvalue weighted by molar-refractivity contribution is 8.00. The van der Waals surface area contributed by atoms with Gasteiger partial charge in [-0.1, -0.05) is 24.3 Å². The Morgan fingerprint density at radius 3 is 2.48 bits per heavy atom. The number of ether oxygens (including phenoxy) is 1. The van der Waals surface area contributed by atoms with Gasteiger partial charge in [0, 0.05) is 10.6 Å². The van der Waals surface area contributed by atoms with Crippen molar-refractivity contribution in [2.75, 3.05) is 11.8 Å². The number of nitrogens with one attached hydrogen (secondary N) is 1. The van der Waals surface area contributed by atoms with Crippen molar-refractivity contribution in [1.29, 1.82) is 0 Å². The molecule has 0 aliphatic carbocycles. The average Bonchev–Trinajstić information content (AvgIpc) is 2.74. The van der Waals surface area contributed by atoms with Gasteiger partial charge in [-0.15, -0.1) is 11.8 Å². The minimum absolute atomic E-state index is 0.322. The Morgan fingerprint density at radius 1 is 1.00 bits per heavy atom. The van der Waals surface area contributed by atoms with Crippen molar-refractivity contribution in [3.8, 4) is 0 Å². The number of methoxy groups -OCH3 is 1. The first-order valence-corrected chi connectivity index (χ1v) is 11.0. The van der Waals surface area contributed by atoms with Crippen LogP contribution in [0.5, 0.6) is 0 Å². The maximum atomic E-state index is 11.8. The monoisotopic (exact) mass is 424 g/mol. The summed E-state index contributed by atoms with van der Waals surface area (Å²) in [5.41, 5.74) is 6.32. The average molecular weight is 425 g/mol. The van der Waals surface area contributed by atoms with E-state index in [0.717, 1.165) is 26.9 Å². The SMILES string of the molecule is COC(=O)c1cc(SNc2ccc(SCc3ccc(C)c(C)c3)nc2)ccc1C. The zero-order valence-corrected chi connectivity index (χ0v) is 18.6. The van der Waals surface area contributed by atoms with Crippen molar-refractivity contribution >= 4 is 35.4 Å². The lowest BCUT2D eigenvalue weighted by Gasteiger charge is -2.09. The lowest BCUT2D eigenvalue weighted by Crippen LogP contribution is -2.04. The Labute approximate surface area is 180 Å². The number of carbonyl (C=O) groups excluding carboxylic acids is 1. The lowest BCUT2D eigenvalue weighted by atomic mass is 10.1. The van der Waals surface area contributed by atoms with Gasteiger partial charge in [-0.2, -0.15) is 0 Å². The highest BCUT2D eigenvalue weighted by Crippen LogP contribution is 2.26. The summed E-state index contributed by atoms with van der Waals surface area (Å²) in [6.45, 7) is 6.17. The number of anilines is 1. The largest absolute Gasteiger partial charge is 0.465 e. The molecule has 29 heavy (non-hydrogen) atoms. The highest BCUT2D eigenvalue weighted by atomic mass is 32.2. The van der Waals surface area contributed by atoms with Crippen LogP contribution >= 0.6 is 23.7 Å². The molecule has 1 N–H and O–H groups in total. The van der Waals surface area contributed by atoms with Gasteiger partial charge in [0.25, 0.3) is 0 Å². The number of pyridine rings is 1. The van der Waals surface area contributed by atoms with E-state index in [2.05, 4.69) is 41.8 Å². The Hall–Kier alpha value is -2.44. The quantitative estimate of drug-likeness (QED) is 0.277. The first kappa shape index (κ1) is 21.3. The Bertz CT molecular complexity index is 1000. The van der Waals surface area contributed by atoms with E-state index in [1.54, 1.807) is 11.8 Å². The van der Waals surface area contributed by atoms with Crippen molar-refractivity contribution in [3.05, 3.63) is 82.5 Å². The molecular weight excluding hydrogens is 400 g/mol. The van der Waals surface area contributed by atoms with Crippen molar-refractivity contribution in [3.63, 3.8) is 0 Å². The minimum Gasteiger partial charge on any atom is -0.465 e. The number of hydrogen-bond donors (Lipinski definition) is 1. The Kier molecular flexibility index (Phi) is 7.23. The molecule has 0 amide bonds. The number of nitrogens with zero attached hydrogens (tertiary/aromatic N) is 1. The molecule has 2 aromatic carbocycles. The van der Waals surface area contributed by atoms with Crippen LogP contribution < -0.4 is 4.72 Å². The van der Waals surface area contributed by atoms with E-state index in [1.807, 2.05) is 43.5 Å². The molecule has 4 nitrogen and oxygen atoms in total. The molecule has 0 saturated heterocycles. The maximum absolute atomic E-state index is 11.8. The topological polar surface area (TPSA) is 51.2 Å². The summed E-state index contributed by atoms with van der Waals surface area (Å²) in [5.74, 6) is 0.576. The van der Waals surface area contributed by atoms with E-state index in [0.29, 0.717) is 5.56 Å². The molecule has 1 heterocycles. The standard InChI is InChI=1S/C23H24N2O2S2/c1-15-5-7-18(11-17(15)3)14-28-22-10-8-19(13-24-22)25-29-20-9-6-16(2)21(12-20)23(26)27-4/h5-13,25H,14H2,1-4H3. The zero-order valence-electron chi connectivity index (χ0n) is 17.0. The van der Waals surface area contributed by atoms with Crippen LogP contribution in [-0.4, -0.2) is 18.1 Å². The van der Waals surface area contributed by atoms with E-state index in [9.17, 15) is 4.79 Å². The molecule has 0 aliphatic rings. The molecule has 150 valence electrons. The number of aryl methyl sites for hydroxylation is 3. The summed E-state index contributed by atoms with van der Waals surface area (Å²) in [4.78, 5) is 17.3. The molecule has 0 spiro atoms. The minimum atomic E-state index is -0.322. The first-order valence-electron chi connectivity index (χ1n) is 9.23. The fourth-order valence-electron chi connectivity index (χ4n) is 2.69.